The van der Waals surface area contributed by atoms with Crippen LogP contribution in [0.25, 0.3) is 10.2 Å². The molecule has 1 aromatic heterocycles. The molecular weight excluding hydrogens is 268 g/mol. The third-order valence-corrected chi connectivity index (χ3v) is 4.29. The van der Waals surface area contributed by atoms with E-state index in [4.69, 9.17) is 0 Å². The van der Waals surface area contributed by atoms with E-state index in [1.807, 2.05) is 0 Å². The number of carbonyl (C=O) groups excluding carboxylic acids is 1. The monoisotopic (exact) mass is 290 g/mol. The van der Waals surface area contributed by atoms with E-state index in [2.05, 4.69) is 48.5 Å². The summed E-state index contributed by atoms with van der Waals surface area (Å²) < 4.78 is 3.38. The molecule has 0 radical (unpaired) electrons. The number of amides is 1. The van der Waals surface area contributed by atoms with E-state index < -0.39 is 0 Å². The molecule has 0 bridgehead atoms. The van der Waals surface area contributed by atoms with Crippen LogP contribution in [-0.4, -0.2) is 10.5 Å². The molecule has 0 aliphatic carbocycles. The Bertz CT molecular complexity index is 667. The number of aromatic nitrogens is 1. The molecule has 2 rings (SSSR count). The van der Waals surface area contributed by atoms with Crippen LogP contribution < -0.4 is 4.80 Å². The third-order valence-electron chi connectivity index (χ3n) is 3.25. The maximum atomic E-state index is 11.9. The van der Waals surface area contributed by atoms with Crippen LogP contribution in [0.2, 0.25) is 0 Å². The summed E-state index contributed by atoms with van der Waals surface area (Å²) in [6.45, 7) is 7.23. The van der Waals surface area contributed by atoms with Gasteiger partial charge in [0.1, 0.15) is 0 Å². The van der Waals surface area contributed by atoms with Gasteiger partial charge >= 0.3 is 0 Å². The quantitative estimate of drug-likeness (QED) is 0.818. The van der Waals surface area contributed by atoms with Crippen LogP contribution >= 0.6 is 11.3 Å². The van der Waals surface area contributed by atoms with Gasteiger partial charge in [-0.1, -0.05) is 37.7 Å². The molecule has 108 valence electrons. The Morgan fingerprint density at radius 3 is 2.80 bits per heavy atom. The number of carbonyl (C=O) groups is 1. The normalized spacial score (nSPS) is 12.2. The van der Waals surface area contributed by atoms with E-state index in [1.165, 1.54) is 15.8 Å². The van der Waals surface area contributed by atoms with Crippen LogP contribution in [0.15, 0.2) is 23.2 Å². The zero-order valence-electron chi connectivity index (χ0n) is 12.5. The Morgan fingerprint density at radius 2 is 2.10 bits per heavy atom. The standard InChI is InChI=1S/C16H22N2OS/c1-4-6-7-15(19)17-16-18(10-5-2)13-9-8-12(3)11-14(13)20-16/h8-9,11H,4-7,10H2,1-3H3. The average Bonchev–Trinajstić information content (AvgIpc) is 2.74. The van der Waals surface area contributed by atoms with Crippen molar-refractivity contribution < 1.29 is 4.79 Å². The molecule has 1 heterocycles. The molecule has 0 saturated carbocycles. The van der Waals surface area contributed by atoms with Crippen LogP contribution in [0, 0.1) is 6.92 Å². The minimum absolute atomic E-state index is 0.0000175. The lowest BCUT2D eigenvalue weighted by molar-refractivity contribution is -0.118. The molecule has 0 unspecified atom stereocenters. The highest BCUT2D eigenvalue weighted by Gasteiger charge is 2.07. The number of hydrogen-bond donors (Lipinski definition) is 0. The first-order chi connectivity index (χ1) is 9.65. The Kier molecular flexibility index (Phi) is 5.12. The first-order valence-electron chi connectivity index (χ1n) is 7.33. The van der Waals surface area contributed by atoms with Crippen LogP contribution in [0.4, 0.5) is 0 Å². The largest absolute Gasteiger partial charge is 0.316 e. The summed E-state index contributed by atoms with van der Waals surface area (Å²) in [5.41, 5.74) is 2.43. The number of rotatable bonds is 5. The predicted molar refractivity (Wildman–Crippen MR) is 84.9 cm³/mol. The van der Waals surface area contributed by atoms with Crippen LogP contribution in [-0.2, 0) is 11.3 Å². The fourth-order valence-electron chi connectivity index (χ4n) is 2.20. The highest BCUT2D eigenvalue weighted by Crippen LogP contribution is 2.19. The van der Waals surface area contributed by atoms with Gasteiger partial charge in [-0.25, -0.2) is 0 Å². The number of unbranched alkanes of at least 4 members (excludes halogenated alkanes) is 1. The second-order valence-electron chi connectivity index (χ2n) is 5.12. The summed E-state index contributed by atoms with van der Waals surface area (Å²) >= 11 is 1.62. The van der Waals surface area contributed by atoms with E-state index >= 15 is 0 Å². The molecule has 3 nitrogen and oxygen atoms in total. The molecule has 20 heavy (non-hydrogen) atoms. The Balaban J connectivity index is 2.48. The van der Waals surface area contributed by atoms with Gasteiger partial charge < -0.3 is 4.57 Å². The Hall–Kier alpha value is -1.42. The topological polar surface area (TPSA) is 34.4 Å². The first-order valence-corrected chi connectivity index (χ1v) is 8.15. The highest BCUT2D eigenvalue weighted by molar-refractivity contribution is 7.16. The lowest BCUT2D eigenvalue weighted by Crippen LogP contribution is -2.16. The first kappa shape index (κ1) is 15.0. The van der Waals surface area contributed by atoms with Crippen molar-refractivity contribution in [1.29, 1.82) is 0 Å². The molecule has 2 aromatic rings. The number of thiazole rings is 1. The number of hydrogen-bond acceptors (Lipinski definition) is 2. The SMILES string of the molecule is CCCCC(=O)N=c1sc2cc(C)ccc2n1CCC. The average molecular weight is 290 g/mol. The maximum absolute atomic E-state index is 11.9. The van der Waals surface area contributed by atoms with Crippen LogP contribution in [0.5, 0.6) is 0 Å². The summed E-state index contributed by atoms with van der Waals surface area (Å²) in [7, 11) is 0. The predicted octanol–water partition coefficient (Wildman–Crippen LogP) is 4.04. The van der Waals surface area contributed by atoms with Crippen molar-refractivity contribution in [2.24, 2.45) is 4.99 Å². The van der Waals surface area contributed by atoms with E-state index in [1.54, 1.807) is 11.3 Å². The van der Waals surface area contributed by atoms with Gasteiger partial charge in [0.05, 0.1) is 10.2 Å². The number of fused-ring (bicyclic) bond motifs is 1. The van der Waals surface area contributed by atoms with Crippen molar-refractivity contribution in [2.45, 2.75) is 53.0 Å². The van der Waals surface area contributed by atoms with Crippen molar-refractivity contribution >= 4 is 27.5 Å². The van der Waals surface area contributed by atoms with Gasteiger partial charge in [0.2, 0.25) is 5.91 Å². The second-order valence-corrected chi connectivity index (χ2v) is 6.13. The van der Waals surface area contributed by atoms with Crippen molar-refractivity contribution in [3.8, 4) is 0 Å². The molecule has 0 spiro atoms. The zero-order valence-corrected chi connectivity index (χ0v) is 13.3. The summed E-state index contributed by atoms with van der Waals surface area (Å²) in [5.74, 6) is -0.0000175. The minimum Gasteiger partial charge on any atom is -0.316 e. The molecule has 4 heteroatoms. The fourth-order valence-corrected chi connectivity index (χ4v) is 3.37. The van der Waals surface area contributed by atoms with Gasteiger partial charge in [-0.2, -0.15) is 4.99 Å². The van der Waals surface area contributed by atoms with Gasteiger partial charge in [-0.15, -0.1) is 0 Å². The van der Waals surface area contributed by atoms with Gasteiger partial charge in [0.25, 0.3) is 0 Å². The maximum Gasteiger partial charge on any atom is 0.248 e. The molecule has 1 amide bonds. The Morgan fingerprint density at radius 1 is 1.30 bits per heavy atom. The van der Waals surface area contributed by atoms with Crippen molar-refractivity contribution in [3.63, 3.8) is 0 Å². The highest BCUT2D eigenvalue weighted by atomic mass is 32.1. The molecule has 1 aromatic carbocycles. The van der Waals surface area contributed by atoms with Gasteiger partial charge in [0.15, 0.2) is 4.80 Å². The zero-order chi connectivity index (χ0) is 14.5. The number of benzene rings is 1. The molecule has 0 N–H and O–H groups in total. The van der Waals surface area contributed by atoms with Crippen molar-refractivity contribution in [1.82, 2.24) is 4.57 Å². The molecule has 0 aliphatic rings. The number of aryl methyl sites for hydroxylation is 2. The molecule has 0 atom stereocenters. The van der Waals surface area contributed by atoms with E-state index in [0.29, 0.717) is 6.42 Å². The molecule has 0 fully saturated rings. The van der Waals surface area contributed by atoms with E-state index in [-0.39, 0.29) is 5.91 Å². The van der Waals surface area contributed by atoms with Gasteiger partial charge in [0, 0.05) is 13.0 Å². The smallest absolute Gasteiger partial charge is 0.248 e. The summed E-state index contributed by atoms with van der Waals surface area (Å²) in [6.07, 6.45) is 3.54. The summed E-state index contributed by atoms with van der Waals surface area (Å²) in [6, 6.07) is 6.41. The molecule has 0 saturated heterocycles. The number of nitrogens with zero attached hydrogens (tertiary/aromatic N) is 2. The molecular formula is C16H22N2OS. The van der Waals surface area contributed by atoms with E-state index in [9.17, 15) is 4.79 Å². The lowest BCUT2D eigenvalue weighted by Gasteiger charge is -2.02. The summed E-state index contributed by atoms with van der Waals surface area (Å²) in [4.78, 5) is 17.1. The third kappa shape index (κ3) is 3.37. The van der Waals surface area contributed by atoms with Gasteiger partial charge in [-0.05, 0) is 37.5 Å². The van der Waals surface area contributed by atoms with Crippen molar-refractivity contribution in [3.05, 3.63) is 28.6 Å². The second kappa shape index (κ2) is 6.84. The van der Waals surface area contributed by atoms with Crippen molar-refractivity contribution in [2.75, 3.05) is 0 Å². The van der Waals surface area contributed by atoms with Crippen LogP contribution in [0.1, 0.15) is 45.1 Å². The minimum atomic E-state index is -0.0000175. The van der Waals surface area contributed by atoms with E-state index in [0.717, 1.165) is 30.6 Å². The fraction of sp³-hybridized carbons (Fsp3) is 0.500. The van der Waals surface area contributed by atoms with Gasteiger partial charge in [-0.3, -0.25) is 4.79 Å². The molecule has 0 aliphatic heterocycles. The lowest BCUT2D eigenvalue weighted by atomic mass is 10.2. The van der Waals surface area contributed by atoms with Crippen LogP contribution in [0.3, 0.4) is 0 Å². The summed E-state index contributed by atoms with van der Waals surface area (Å²) in [5, 5.41) is 0. The Labute approximate surface area is 124 Å².